The van der Waals surface area contributed by atoms with Gasteiger partial charge in [-0.15, -0.1) is 0 Å². The number of carbonyl (C=O) groups excluding carboxylic acids is 2. The summed E-state index contributed by atoms with van der Waals surface area (Å²) in [7, 11) is 0. The quantitative estimate of drug-likeness (QED) is 0.741. The molecule has 2 amide bonds. The minimum absolute atomic E-state index is 0.0675. The largest absolute Gasteiger partial charge is 0.508 e. The Bertz CT molecular complexity index is 486. The van der Waals surface area contributed by atoms with E-state index in [1.54, 1.807) is 13.0 Å². The number of benzene rings is 1. The van der Waals surface area contributed by atoms with Gasteiger partial charge in [-0.2, -0.15) is 0 Å². The molecule has 1 aromatic rings. The zero-order chi connectivity index (χ0) is 15.1. The van der Waals surface area contributed by atoms with Gasteiger partial charge in [-0.25, -0.2) is 0 Å². The highest BCUT2D eigenvalue weighted by Crippen LogP contribution is 2.15. The monoisotopic (exact) mass is 278 g/mol. The van der Waals surface area contributed by atoms with Crippen molar-refractivity contribution in [1.29, 1.82) is 0 Å². The smallest absolute Gasteiger partial charge is 0.251 e. The number of rotatable bonds is 6. The van der Waals surface area contributed by atoms with Crippen molar-refractivity contribution in [3.63, 3.8) is 0 Å². The lowest BCUT2D eigenvalue weighted by atomic mass is 10.1. The van der Waals surface area contributed by atoms with Crippen LogP contribution in [-0.4, -0.2) is 29.5 Å². The van der Waals surface area contributed by atoms with Crippen LogP contribution in [-0.2, 0) is 4.79 Å². The highest BCUT2D eigenvalue weighted by Gasteiger charge is 2.10. The Morgan fingerprint density at radius 2 is 2.05 bits per heavy atom. The Balaban J connectivity index is 2.42. The van der Waals surface area contributed by atoms with Crippen molar-refractivity contribution < 1.29 is 14.7 Å². The Morgan fingerprint density at radius 3 is 2.65 bits per heavy atom. The van der Waals surface area contributed by atoms with E-state index in [1.807, 2.05) is 13.8 Å². The molecule has 0 fully saturated rings. The molecule has 0 aliphatic rings. The average molecular weight is 278 g/mol. The molecule has 1 aromatic carbocycles. The number of aromatic hydroxyl groups is 1. The van der Waals surface area contributed by atoms with Gasteiger partial charge in [-0.1, -0.05) is 6.92 Å². The molecule has 0 bridgehead atoms. The van der Waals surface area contributed by atoms with Crippen molar-refractivity contribution in [3.8, 4) is 5.75 Å². The minimum atomic E-state index is -0.237. The summed E-state index contributed by atoms with van der Waals surface area (Å²) in [6.07, 6.45) is 1.14. The van der Waals surface area contributed by atoms with Crippen molar-refractivity contribution in [2.75, 3.05) is 6.54 Å². The number of amides is 2. The Labute approximate surface area is 119 Å². The summed E-state index contributed by atoms with van der Waals surface area (Å²) in [5.74, 6) is -0.173. The molecule has 0 radical (unpaired) electrons. The van der Waals surface area contributed by atoms with Crippen LogP contribution < -0.4 is 10.6 Å². The predicted molar refractivity (Wildman–Crippen MR) is 77.7 cm³/mol. The van der Waals surface area contributed by atoms with Gasteiger partial charge in [0.25, 0.3) is 5.91 Å². The van der Waals surface area contributed by atoms with Crippen LogP contribution in [0.1, 0.15) is 42.6 Å². The summed E-state index contributed by atoms with van der Waals surface area (Å²) >= 11 is 0. The van der Waals surface area contributed by atoms with E-state index in [4.69, 9.17) is 0 Å². The van der Waals surface area contributed by atoms with Gasteiger partial charge in [-0.05, 0) is 44.0 Å². The number of hydrogen-bond acceptors (Lipinski definition) is 3. The Hall–Kier alpha value is -2.04. The summed E-state index contributed by atoms with van der Waals surface area (Å²) in [6, 6.07) is 4.72. The second-order valence-corrected chi connectivity index (χ2v) is 4.88. The molecule has 5 nitrogen and oxygen atoms in total. The van der Waals surface area contributed by atoms with E-state index in [-0.39, 0.29) is 30.0 Å². The number of hydrogen-bond donors (Lipinski definition) is 3. The second kappa shape index (κ2) is 7.53. The lowest BCUT2D eigenvalue weighted by Gasteiger charge is -2.12. The summed E-state index contributed by atoms with van der Waals surface area (Å²) in [5, 5.41) is 14.8. The topological polar surface area (TPSA) is 78.4 Å². The van der Waals surface area contributed by atoms with E-state index in [0.717, 1.165) is 6.42 Å². The number of aryl methyl sites for hydroxylation is 1. The predicted octanol–water partition coefficient (Wildman–Crippen LogP) is 1.74. The van der Waals surface area contributed by atoms with Gasteiger partial charge in [0.1, 0.15) is 5.75 Å². The average Bonchev–Trinajstić information content (AvgIpc) is 2.38. The van der Waals surface area contributed by atoms with Crippen LogP contribution in [0.5, 0.6) is 5.75 Å². The first-order valence-electron chi connectivity index (χ1n) is 6.81. The van der Waals surface area contributed by atoms with Crippen LogP contribution in [0.4, 0.5) is 0 Å². The highest BCUT2D eigenvalue weighted by molar-refractivity contribution is 5.96. The fraction of sp³-hybridized carbons (Fsp3) is 0.467. The molecule has 0 aliphatic heterocycles. The fourth-order valence-electron chi connectivity index (χ4n) is 1.74. The van der Waals surface area contributed by atoms with Gasteiger partial charge in [0.05, 0.1) is 0 Å². The van der Waals surface area contributed by atoms with Crippen molar-refractivity contribution in [2.45, 2.75) is 39.7 Å². The fourth-order valence-corrected chi connectivity index (χ4v) is 1.74. The van der Waals surface area contributed by atoms with Gasteiger partial charge in [0.2, 0.25) is 5.91 Å². The maximum atomic E-state index is 11.9. The lowest BCUT2D eigenvalue weighted by molar-refractivity contribution is -0.121. The summed E-state index contributed by atoms with van der Waals surface area (Å²) in [6.45, 7) is 5.99. The Morgan fingerprint density at radius 1 is 1.35 bits per heavy atom. The molecule has 0 saturated carbocycles. The van der Waals surface area contributed by atoms with E-state index in [1.165, 1.54) is 12.1 Å². The van der Waals surface area contributed by atoms with Crippen LogP contribution in [0.25, 0.3) is 0 Å². The molecule has 0 spiro atoms. The molecular formula is C15H22N2O3. The van der Waals surface area contributed by atoms with Crippen LogP contribution in [0.2, 0.25) is 0 Å². The standard InChI is InChI=1S/C15H22N2O3/c1-4-11(3)17-14(19)7-8-16-15(20)13-6-5-12(18)9-10(13)2/h5-6,9,11,18H,4,7-8H2,1-3H3,(H,16,20)(H,17,19). The second-order valence-electron chi connectivity index (χ2n) is 4.88. The first kappa shape index (κ1) is 16.0. The van der Waals surface area contributed by atoms with Gasteiger partial charge >= 0.3 is 0 Å². The molecule has 3 N–H and O–H groups in total. The zero-order valence-corrected chi connectivity index (χ0v) is 12.2. The van der Waals surface area contributed by atoms with E-state index in [2.05, 4.69) is 10.6 Å². The van der Waals surface area contributed by atoms with Gasteiger partial charge in [-0.3, -0.25) is 9.59 Å². The molecule has 5 heteroatoms. The molecule has 0 saturated heterocycles. The number of carbonyl (C=O) groups is 2. The molecule has 0 aromatic heterocycles. The van der Waals surface area contributed by atoms with E-state index >= 15 is 0 Å². The molecule has 0 aliphatic carbocycles. The summed E-state index contributed by atoms with van der Waals surface area (Å²) < 4.78 is 0. The van der Waals surface area contributed by atoms with Gasteiger partial charge < -0.3 is 15.7 Å². The molecule has 1 rings (SSSR count). The van der Waals surface area contributed by atoms with Gasteiger partial charge in [0.15, 0.2) is 0 Å². The van der Waals surface area contributed by atoms with E-state index in [9.17, 15) is 14.7 Å². The van der Waals surface area contributed by atoms with Crippen LogP contribution in [0.3, 0.4) is 0 Å². The lowest BCUT2D eigenvalue weighted by Crippen LogP contribution is -2.35. The molecule has 0 heterocycles. The number of phenols is 1. The summed E-state index contributed by atoms with van der Waals surface area (Å²) in [4.78, 5) is 23.5. The molecule has 110 valence electrons. The third-order valence-corrected chi connectivity index (χ3v) is 3.11. The number of nitrogens with one attached hydrogen (secondary N) is 2. The van der Waals surface area contributed by atoms with Crippen LogP contribution in [0, 0.1) is 6.92 Å². The highest BCUT2D eigenvalue weighted by atomic mass is 16.3. The van der Waals surface area contributed by atoms with Crippen LogP contribution in [0.15, 0.2) is 18.2 Å². The number of phenolic OH excluding ortho intramolecular Hbond substituents is 1. The SMILES string of the molecule is CCC(C)NC(=O)CCNC(=O)c1ccc(O)cc1C. The van der Waals surface area contributed by atoms with Crippen molar-refractivity contribution >= 4 is 11.8 Å². The minimum Gasteiger partial charge on any atom is -0.508 e. The van der Waals surface area contributed by atoms with Crippen molar-refractivity contribution in [1.82, 2.24) is 10.6 Å². The van der Waals surface area contributed by atoms with Crippen LogP contribution >= 0.6 is 0 Å². The van der Waals surface area contributed by atoms with Crippen molar-refractivity contribution in [2.24, 2.45) is 0 Å². The molecular weight excluding hydrogens is 256 g/mol. The normalized spacial score (nSPS) is 11.8. The molecule has 1 atom stereocenters. The first-order chi connectivity index (χ1) is 9.43. The third kappa shape index (κ3) is 4.91. The third-order valence-electron chi connectivity index (χ3n) is 3.11. The summed E-state index contributed by atoms with van der Waals surface area (Å²) in [5.41, 5.74) is 1.21. The van der Waals surface area contributed by atoms with Gasteiger partial charge in [0, 0.05) is 24.6 Å². The Kier molecular flexibility index (Phi) is 6.03. The van der Waals surface area contributed by atoms with Crippen molar-refractivity contribution in [3.05, 3.63) is 29.3 Å². The zero-order valence-electron chi connectivity index (χ0n) is 12.2. The van der Waals surface area contributed by atoms with E-state index in [0.29, 0.717) is 17.7 Å². The first-order valence-corrected chi connectivity index (χ1v) is 6.81. The molecule has 20 heavy (non-hydrogen) atoms. The maximum absolute atomic E-state index is 11.9. The molecule has 1 unspecified atom stereocenters. The maximum Gasteiger partial charge on any atom is 0.251 e. The van der Waals surface area contributed by atoms with E-state index < -0.39 is 0 Å².